The maximum Gasteiger partial charge on any atom is 0.159 e. The van der Waals surface area contributed by atoms with Gasteiger partial charge in [-0.1, -0.05) is 6.92 Å². The number of rotatable bonds is 3. The second-order valence-corrected chi connectivity index (χ2v) is 4.34. The molecular weight excluding hydrogens is 270 g/mol. The number of aromatic nitrogens is 4. The van der Waals surface area contributed by atoms with Crippen molar-refractivity contribution in [2.45, 2.75) is 19.8 Å². The van der Waals surface area contributed by atoms with Crippen LogP contribution >= 0.6 is 15.9 Å². The minimum atomic E-state index is 0.472. The van der Waals surface area contributed by atoms with Gasteiger partial charge < -0.3 is 5.73 Å². The first kappa shape index (κ1) is 11.1. The summed E-state index contributed by atoms with van der Waals surface area (Å²) in [4.78, 5) is 8.57. The van der Waals surface area contributed by atoms with E-state index in [1.165, 1.54) is 0 Å². The van der Waals surface area contributed by atoms with E-state index >= 15 is 0 Å². The number of hydrogen-bond acceptors (Lipinski definition) is 4. The van der Waals surface area contributed by atoms with E-state index in [-0.39, 0.29) is 0 Å². The Bertz CT molecular complexity index is 494. The van der Waals surface area contributed by atoms with E-state index in [1.807, 2.05) is 6.20 Å². The first-order valence-electron chi connectivity index (χ1n) is 5.03. The molecule has 0 spiro atoms. The average Bonchev–Trinajstić information content (AvgIpc) is 2.64. The molecule has 0 aliphatic rings. The van der Waals surface area contributed by atoms with Crippen molar-refractivity contribution in [3.63, 3.8) is 0 Å². The first-order chi connectivity index (χ1) is 7.69. The SMILES string of the molecule is CCCc1nc(N)cc(-n2cc(Br)cn2)n1. The Morgan fingerprint density at radius 2 is 2.25 bits per heavy atom. The molecule has 0 atom stereocenters. The lowest BCUT2D eigenvalue weighted by atomic mass is 10.3. The Hall–Kier alpha value is -1.43. The number of aryl methyl sites for hydroxylation is 1. The highest BCUT2D eigenvalue weighted by Gasteiger charge is 2.05. The number of nitrogen functional groups attached to an aromatic ring is 1. The third kappa shape index (κ3) is 2.38. The lowest BCUT2D eigenvalue weighted by Gasteiger charge is -2.04. The number of anilines is 1. The summed E-state index contributed by atoms with van der Waals surface area (Å²) in [6.45, 7) is 2.08. The molecular formula is C10H12BrN5. The molecule has 16 heavy (non-hydrogen) atoms. The standard InChI is InChI=1S/C10H12BrN5/c1-2-3-9-14-8(12)4-10(15-9)16-6-7(11)5-13-16/h4-6H,2-3H2,1H3,(H2,12,14,15). The largest absolute Gasteiger partial charge is 0.384 e. The normalized spacial score (nSPS) is 10.6. The highest BCUT2D eigenvalue weighted by atomic mass is 79.9. The Morgan fingerprint density at radius 1 is 1.44 bits per heavy atom. The maximum atomic E-state index is 5.73. The van der Waals surface area contributed by atoms with Crippen molar-refractivity contribution < 1.29 is 0 Å². The third-order valence-corrected chi connectivity index (χ3v) is 2.45. The van der Waals surface area contributed by atoms with Crippen LogP contribution in [0.4, 0.5) is 5.82 Å². The fourth-order valence-corrected chi connectivity index (χ4v) is 1.67. The topological polar surface area (TPSA) is 69.6 Å². The van der Waals surface area contributed by atoms with Crippen molar-refractivity contribution in [3.8, 4) is 5.82 Å². The van der Waals surface area contributed by atoms with E-state index in [1.54, 1.807) is 16.9 Å². The van der Waals surface area contributed by atoms with Crippen molar-refractivity contribution in [1.29, 1.82) is 0 Å². The minimum absolute atomic E-state index is 0.472. The van der Waals surface area contributed by atoms with Gasteiger partial charge in [-0.2, -0.15) is 5.10 Å². The van der Waals surface area contributed by atoms with Gasteiger partial charge in [0.2, 0.25) is 0 Å². The number of hydrogen-bond donors (Lipinski definition) is 1. The first-order valence-corrected chi connectivity index (χ1v) is 5.82. The molecule has 0 amide bonds. The molecule has 2 aromatic rings. The van der Waals surface area contributed by atoms with Gasteiger partial charge in [0, 0.05) is 18.7 Å². The van der Waals surface area contributed by atoms with E-state index in [9.17, 15) is 0 Å². The van der Waals surface area contributed by atoms with Crippen LogP contribution in [0.5, 0.6) is 0 Å². The summed E-state index contributed by atoms with van der Waals surface area (Å²) in [6.07, 6.45) is 5.35. The lowest BCUT2D eigenvalue weighted by molar-refractivity contribution is 0.787. The van der Waals surface area contributed by atoms with Crippen LogP contribution in [-0.2, 0) is 6.42 Å². The van der Waals surface area contributed by atoms with Gasteiger partial charge in [-0.15, -0.1) is 0 Å². The van der Waals surface area contributed by atoms with Crippen molar-refractivity contribution in [2.24, 2.45) is 0 Å². The number of nitrogens with zero attached hydrogens (tertiary/aromatic N) is 4. The maximum absolute atomic E-state index is 5.73. The Balaban J connectivity index is 2.40. The Labute approximate surface area is 102 Å². The predicted molar refractivity (Wildman–Crippen MR) is 65.3 cm³/mol. The molecule has 0 aromatic carbocycles. The monoisotopic (exact) mass is 281 g/mol. The molecule has 2 aromatic heterocycles. The quantitative estimate of drug-likeness (QED) is 0.934. The van der Waals surface area contributed by atoms with Crippen LogP contribution in [0.3, 0.4) is 0 Å². The summed E-state index contributed by atoms with van der Waals surface area (Å²) < 4.78 is 2.57. The Morgan fingerprint density at radius 3 is 2.88 bits per heavy atom. The van der Waals surface area contributed by atoms with Crippen LogP contribution in [-0.4, -0.2) is 19.7 Å². The molecule has 0 aliphatic carbocycles. The lowest BCUT2D eigenvalue weighted by Crippen LogP contribution is -2.06. The molecule has 5 nitrogen and oxygen atoms in total. The van der Waals surface area contributed by atoms with E-state index in [0.29, 0.717) is 11.6 Å². The van der Waals surface area contributed by atoms with E-state index in [2.05, 4.69) is 37.9 Å². The second-order valence-electron chi connectivity index (χ2n) is 3.42. The summed E-state index contributed by atoms with van der Waals surface area (Å²) >= 11 is 3.34. The zero-order valence-electron chi connectivity index (χ0n) is 8.89. The van der Waals surface area contributed by atoms with Crippen LogP contribution in [0.1, 0.15) is 19.2 Å². The van der Waals surface area contributed by atoms with Gasteiger partial charge in [0.25, 0.3) is 0 Å². The van der Waals surface area contributed by atoms with Gasteiger partial charge >= 0.3 is 0 Å². The smallest absolute Gasteiger partial charge is 0.159 e. The molecule has 0 radical (unpaired) electrons. The van der Waals surface area contributed by atoms with Crippen LogP contribution in [0.15, 0.2) is 22.9 Å². The third-order valence-electron chi connectivity index (χ3n) is 2.04. The number of nitrogens with two attached hydrogens (primary N) is 1. The van der Waals surface area contributed by atoms with Crippen LogP contribution < -0.4 is 5.73 Å². The zero-order valence-corrected chi connectivity index (χ0v) is 10.5. The molecule has 2 rings (SSSR count). The molecule has 0 bridgehead atoms. The van der Waals surface area contributed by atoms with Crippen molar-refractivity contribution in [3.05, 3.63) is 28.8 Å². The van der Waals surface area contributed by atoms with E-state index in [4.69, 9.17) is 5.73 Å². The summed E-state index contributed by atoms with van der Waals surface area (Å²) in [5.41, 5.74) is 5.73. The summed E-state index contributed by atoms with van der Waals surface area (Å²) in [6, 6.07) is 1.71. The Kier molecular flexibility index (Phi) is 3.19. The van der Waals surface area contributed by atoms with E-state index < -0.39 is 0 Å². The number of halogens is 1. The van der Waals surface area contributed by atoms with Crippen molar-refractivity contribution in [1.82, 2.24) is 19.7 Å². The minimum Gasteiger partial charge on any atom is -0.384 e. The van der Waals surface area contributed by atoms with Crippen LogP contribution in [0.25, 0.3) is 5.82 Å². The second kappa shape index (κ2) is 4.61. The summed E-state index contributed by atoms with van der Waals surface area (Å²) in [5, 5.41) is 4.15. The fraction of sp³-hybridized carbons (Fsp3) is 0.300. The van der Waals surface area contributed by atoms with E-state index in [0.717, 1.165) is 23.1 Å². The molecule has 2 heterocycles. The molecule has 0 aliphatic heterocycles. The summed E-state index contributed by atoms with van der Waals surface area (Å²) in [5.74, 6) is 1.92. The molecule has 0 fully saturated rings. The van der Waals surface area contributed by atoms with Gasteiger partial charge in [0.15, 0.2) is 5.82 Å². The van der Waals surface area contributed by atoms with Gasteiger partial charge in [0.05, 0.1) is 10.7 Å². The molecule has 0 saturated carbocycles. The average molecular weight is 282 g/mol. The molecule has 0 saturated heterocycles. The zero-order chi connectivity index (χ0) is 11.5. The molecule has 6 heteroatoms. The van der Waals surface area contributed by atoms with Gasteiger partial charge in [-0.25, -0.2) is 14.6 Å². The highest BCUT2D eigenvalue weighted by Crippen LogP contribution is 2.13. The van der Waals surface area contributed by atoms with Crippen LogP contribution in [0, 0.1) is 0 Å². The fourth-order valence-electron chi connectivity index (χ4n) is 1.38. The van der Waals surface area contributed by atoms with Gasteiger partial charge in [0.1, 0.15) is 11.6 Å². The van der Waals surface area contributed by atoms with Crippen LogP contribution in [0.2, 0.25) is 0 Å². The molecule has 0 unspecified atom stereocenters. The van der Waals surface area contributed by atoms with Crippen molar-refractivity contribution in [2.75, 3.05) is 5.73 Å². The van der Waals surface area contributed by atoms with Gasteiger partial charge in [-0.3, -0.25) is 0 Å². The summed E-state index contributed by atoms with van der Waals surface area (Å²) in [7, 11) is 0. The van der Waals surface area contributed by atoms with Gasteiger partial charge in [-0.05, 0) is 22.4 Å². The highest BCUT2D eigenvalue weighted by molar-refractivity contribution is 9.10. The van der Waals surface area contributed by atoms with Crippen molar-refractivity contribution >= 4 is 21.7 Å². The predicted octanol–water partition coefficient (Wildman–Crippen LogP) is 1.96. The molecule has 2 N–H and O–H groups in total. The molecule has 84 valence electrons.